The van der Waals surface area contributed by atoms with Crippen LogP contribution in [0.15, 0.2) is 4.07 Å². The summed E-state index contributed by atoms with van der Waals surface area (Å²) >= 11 is 1.39. The molecule has 4 heavy (non-hydrogen) atoms. The standard InChI is InChI=1S/GeN3/c1-3-4-2. The van der Waals surface area contributed by atoms with Gasteiger partial charge in [-0.05, 0) is 0 Å². The van der Waals surface area contributed by atoms with Gasteiger partial charge in [0.2, 0.25) is 0 Å². The van der Waals surface area contributed by atoms with E-state index in [1.165, 1.54) is 16.7 Å². The number of hydrogen-bond donors (Lipinski definition) is 0. The Morgan fingerprint density at radius 3 is 2.25 bits per heavy atom. The van der Waals surface area contributed by atoms with Crippen LogP contribution in [0.2, 0.25) is 0 Å². The summed E-state index contributed by atoms with van der Waals surface area (Å²) in [5.41, 5.74) is 7.33. The molecule has 0 aliphatic rings. The molecule has 19 valence electrons. The molecule has 0 aromatic rings. The van der Waals surface area contributed by atoms with Gasteiger partial charge >= 0.3 is 31.3 Å². The van der Waals surface area contributed by atoms with E-state index in [9.17, 15) is 0 Å². The summed E-state index contributed by atoms with van der Waals surface area (Å²) in [4.78, 5) is 2.36. The Morgan fingerprint density at radius 2 is 2.25 bits per heavy atom. The normalized spacial score (nSPS) is 4.25. The maximum atomic E-state index is 7.33. The molecule has 0 aromatic heterocycles. The monoisotopic (exact) mass is 116 g/mol. The van der Waals surface area contributed by atoms with E-state index < -0.39 is 0 Å². The second-order valence-corrected chi connectivity index (χ2v) is 0.609. The Labute approximate surface area is 32.1 Å². The third-order valence-corrected chi connectivity index (χ3v) is 0.232. The average molecular weight is 115 g/mol. The Kier molecular flexibility index (Phi) is 2.75. The molecular formula is GeN3. The van der Waals surface area contributed by atoms with Crippen LogP contribution in [0, 0.1) is 0 Å². The fraction of sp³-hybridized carbons (Fsp3) is 0. The zero-order chi connectivity index (χ0) is 3.41. The molecule has 0 spiro atoms. The molecule has 0 aliphatic heterocycles. The average Bonchev–Trinajstić information content (AvgIpc) is 1.37. The predicted octanol–water partition coefficient (Wildman–Crippen LogP) is 0.380. The van der Waals surface area contributed by atoms with Crippen molar-refractivity contribution in [3.8, 4) is 0 Å². The SMILES string of the molecule is [N-]=[N+]=[N][Ge]. The maximum absolute atomic E-state index is 7.33. The first-order chi connectivity index (χ1) is 1.91. The molecule has 0 N–H and O–H groups in total. The van der Waals surface area contributed by atoms with E-state index in [4.69, 9.17) is 5.53 Å². The summed E-state index contributed by atoms with van der Waals surface area (Å²) in [6.45, 7) is 0. The van der Waals surface area contributed by atoms with E-state index in [0.717, 1.165) is 0 Å². The van der Waals surface area contributed by atoms with Gasteiger partial charge in [0, 0.05) is 0 Å². The molecule has 0 saturated carbocycles. The first-order valence-electron chi connectivity index (χ1n) is 0.624. The minimum atomic E-state index is 1.39. The van der Waals surface area contributed by atoms with E-state index in [2.05, 4.69) is 8.98 Å². The number of rotatable bonds is 0. The van der Waals surface area contributed by atoms with Gasteiger partial charge in [-0.1, -0.05) is 0 Å². The molecule has 0 atom stereocenters. The second-order valence-electron chi connectivity index (χ2n) is 0.189. The summed E-state index contributed by atoms with van der Waals surface area (Å²) in [6, 6.07) is 0. The van der Waals surface area contributed by atoms with Crippen molar-refractivity contribution in [3.05, 3.63) is 10.4 Å². The molecule has 0 aromatic carbocycles. The van der Waals surface area contributed by atoms with Crippen molar-refractivity contribution in [2.45, 2.75) is 0 Å². The van der Waals surface area contributed by atoms with Gasteiger partial charge in [-0.25, -0.2) is 0 Å². The van der Waals surface area contributed by atoms with Crippen molar-refractivity contribution < 1.29 is 0 Å². The van der Waals surface area contributed by atoms with Crippen LogP contribution >= 0.6 is 0 Å². The Hall–Kier alpha value is -0.147. The van der Waals surface area contributed by atoms with Gasteiger partial charge in [-0.15, -0.1) is 0 Å². The van der Waals surface area contributed by atoms with Crippen LogP contribution in [0.25, 0.3) is 10.4 Å². The van der Waals surface area contributed by atoms with Gasteiger partial charge in [-0.3, -0.25) is 0 Å². The van der Waals surface area contributed by atoms with Gasteiger partial charge in [0.25, 0.3) is 0 Å². The van der Waals surface area contributed by atoms with Crippen LogP contribution in [-0.4, -0.2) is 16.7 Å². The molecule has 0 unspecified atom stereocenters. The van der Waals surface area contributed by atoms with Crippen LogP contribution in [0.4, 0.5) is 0 Å². The minimum absolute atomic E-state index is 1.39. The molecule has 0 fully saturated rings. The number of hydrogen-bond acceptors (Lipinski definition) is 1. The molecule has 0 aliphatic carbocycles. The van der Waals surface area contributed by atoms with E-state index >= 15 is 0 Å². The van der Waals surface area contributed by atoms with Crippen molar-refractivity contribution in [2.24, 2.45) is 4.07 Å². The third kappa shape index (κ3) is 1.85. The fourth-order valence-corrected chi connectivity index (χ4v) is 0. The number of nitrogens with zero attached hydrogens (tertiary/aromatic N) is 3. The molecule has 0 heterocycles. The van der Waals surface area contributed by atoms with E-state index in [-0.39, 0.29) is 0 Å². The topological polar surface area (TPSA) is 48.8 Å². The number of azide groups is 1. The van der Waals surface area contributed by atoms with E-state index in [1.807, 2.05) is 0 Å². The van der Waals surface area contributed by atoms with Gasteiger partial charge < -0.3 is 0 Å². The first kappa shape index (κ1) is 3.85. The van der Waals surface area contributed by atoms with Crippen LogP contribution in [-0.2, 0) is 0 Å². The van der Waals surface area contributed by atoms with Crippen molar-refractivity contribution >= 4 is 16.7 Å². The summed E-state index contributed by atoms with van der Waals surface area (Å²) in [7, 11) is 0. The molecule has 0 saturated heterocycles. The summed E-state index contributed by atoms with van der Waals surface area (Å²) in [5.74, 6) is 0. The zero-order valence-electron chi connectivity index (χ0n) is 1.84. The Bertz CT molecular complexity index is 41.2. The first-order valence-corrected chi connectivity index (χ1v) is 1.56. The van der Waals surface area contributed by atoms with Gasteiger partial charge in [-0.2, -0.15) is 0 Å². The Balaban J connectivity index is 3.11. The molecular weight excluding hydrogens is 115 g/mol. The van der Waals surface area contributed by atoms with Crippen LogP contribution in [0.3, 0.4) is 0 Å². The van der Waals surface area contributed by atoms with Gasteiger partial charge in [0.1, 0.15) is 0 Å². The zero-order valence-corrected chi connectivity index (χ0v) is 3.94. The molecule has 3 radical (unpaired) electrons. The second kappa shape index (κ2) is 2.85. The van der Waals surface area contributed by atoms with E-state index in [0.29, 0.717) is 0 Å². The van der Waals surface area contributed by atoms with Gasteiger partial charge in [0.15, 0.2) is 0 Å². The fourth-order valence-electron chi connectivity index (χ4n) is 0. The summed E-state index contributed by atoms with van der Waals surface area (Å²) < 4.78 is 2.92. The van der Waals surface area contributed by atoms with E-state index in [1.54, 1.807) is 0 Å². The summed E-state index contributed by atoms with van der Waals surface area (Å²) in [5, 5.41) is 0. The molecule has 0 rings (SSSR count). The predicted molar refractivity (Wildman–Crippen MR) is 14.9 cm³/mol. The van der Waals surface area contributed by atoms with Crippen molar-refractivity contribution in [1.82, 2.24) is 0 Å². The van der Waals surface area contributed by atoms with Crippen molar-refractivity contribution in [1.29, 1.82) is 0 Å². The summed E-state index contributed by atoms with van der Waals surface area (Å²) in [6.07, 6.45) is 0. The molecule has 0 amide bonds. The molecule has 0 bridgehead atoms. The van der Waals surface area contributed by atoms with Crippen LogP contribution in [0.5, 0.6) is 0 Å². The van der Waals surface area contributed by atoms with Crippen LogP contribution < -0.4 is 0 Å². The van der Waals surface area contributed by atoms with Crippen molar-refractivity contribution in [2.75, 3.05) is 0 Å². The Morgan fingerprint density at radius 1 is 2.00 bits per heavy atom. The van der Waals surface area contributed by atoms with Gasteiger partial charge in [0.05, 0.1) is 0 Å². The third-order valence-electron chi connectivity index (χ3n) is 0.0447. The molecule has 4 heteroatoms. The molecule has 3 nitrogen and oxygen atoms in total. The van der Waals surface area contributed by atoms with Crippen LogP contribution in [0.1, 0.15) is 0 Å². The quantitative estimate of drug-likeness (QED) is 0.189. The van der Waals surface area contributed by atoms with Crippen molar-refractivity contribution in [3.63, 3.8) is 0 Å².